The van der Waals surface area contributed by atoms with Crippen molar-refractivity contribution in [2.75, 3.05) is 0 Å². The first-order valence-electron chi connectivity index (χ1n) is 18.2. The third-order valence-corrected chi connectivity index (χ3v) is 10.9. The molecule has 3 heterocycles. The van der Waals surface area contributed by atoms with E-state index in [9.17, 15) is 0 Å². The fraction of sp³-hybridized carbons (Fsp3) is 0. The topological polar surface area (TPSA) is 56.7 Å². The predicted octanol–water partition coefficient (Wildman–Crippen LogP) is 12.8. The average molecular weight is 689 g/mol. The first-order chi connectivity index (χ1) is 26.7. The minimum Gasteiger partial charge on any atom is -0.456 e. The molecule has 0 unspecified atom stereocenters. The number of rotatable bonds is 4. The van der Waals surface area contributed by atoms with Crippen molar-refractivity contribution in [3.8, 4) is 39.9 Å². The molecule has 0 bridgehead atoms. The first kappa shape index (κ1) is 29.2. The summed E-state index contributed by atoms with van der Waals surface area (Å²) in [7, 11) is 0. The highest BCUT2D eigenvalue weighted by Gasteiger charge is 2.21. The molecule has 0 radical (unpaired) electrons. The summed E-state index contributed by atoms with van der Waals surface area (Å²) in [5.41, 5.74) is 8.06. The lowest BCUT2D eigenvalue weighted by atomic mass is 10.00. The molecule has 0 fully saturated rings. The molecule has 5 nitrogen and oxygen atoms in total. The fourth-order valence-corrected chi connectivity index (χ4v) is 8.43. The second kappa shape index (κ2) is 11.1. The van der Waals surface area contributed by atoms with Crippen molar-refractivity contribution in [3.63, 3.8) is 0 Å². The van der Waals surface area contributed by atoms with E-state index in [2.05, 4.69) is 144 Å². The number of benzene rings is 9. The summed E-state index contributed by atoms with van der Waals surface area (Å²) in [6, 6.07) is 59.7. The highest BCUT2D eigenvalue weighted by atomic mass is 16.3. The smallest absolute Gasteiger partial charge is 0.164 e. The molecule has 0 atom stereocenters. The number of fused-ring (bicyclic) bond motifs is 2. The summed E-state index contributed by atoms with van der Waals surface area (Å²) >= 11 is 0. The van der Waals surface area contributed by atoms with Crippen molar-refractivity contribution in [1.29, 1.82) is 0 Å². The maximum absolute atomic E-state index is 6.62. The maximum Gasteiger partial charge on any atom is 0.164 e. The molecule has 0 aliphatic carbocycles. The van der Waals surface area contributed by atoms with Gasteiger partial charge in [-0.2, -0.15) is 0 Å². The highest BCUT2D eigenvalue weighted by molar-refractivity contribution is 6.33. The van der Waals surface area contributed by atoms with E-state index in [1.165, 1.54) is 26.9 Å². The van der Waals surface area contributed by atoms with E-state index in [0.29, 0.717) is 17.5 Å². The monoisotopic (exact) mass is 688 g/mol. The standard InChI is InChI=1S/C49H28N4O/c1-2-9-32(10-3-1)47-50-48(36-18-16-29-8-4-5-11-33(29)26-36)52-49(51-47)37-19-17-35-28-38(23-20-34(35)27-37)53-39-24-21-30-12-6-14-41-43(30)45(39)46-40(53)25-22-31-13-7-15-42(54-41)44(31)46/h1-28H. The van der Waals surface area contributed by atoms with Gasteiger partial charge in [0.25, 0.3) is 0 Å². The van der Waals surface area contributed by atoms with Crippen LogP contribution in [-0.2, 0) is 0 Å². The van der Waals surface area contributed by atoms with Crippen LogP contribution in [0, 0.1) is 0 Å². The van der Waals surface area contributed by atoms with Crippen LogP contribution in [0.4, 0.5) is 0 Å². The molecule has 0 aliphatic rings. The maximum atomic E-state index is 6.62. The molecule has 12 rings (SSSR count). The second-order valence-electron chi connectivity index (χ2n) is 14.0. The molecule has 5 heteroatoms. The van der Waals surface area contributed by atoms with Gasteiger partial charge < -0.3 is 8.98 Å². The Bertz CT molecular complexity index is 3350. The van der Waals surface area contributed by atoms with Crippen LogP contribution in [0.3, 0.4) is 0 Å². The lowest BCUT2D eigenvalue weighted by Gasteiger charge is -2.12. The van der Waals surface area contributed by atoms with Crippen molar-refractivity contribution >= 4 is 76.1 Å². The van der Waals surface area contributed by atoms with E-state index in [-0.39, 0.29) is 0 Å². The molecular formula is C49H28N4O. The lowest BCUT2D eigenvalue weighted by molar-refractivity contribution is 0.664. The van der Waals surface area contributed by atoms with E-state index in [1.807, 2.05) is 30.3 Å². The van der Waals surface area contributed by atoms with E-state index in [4.69, 9.17) is 19.4 Å². The summed E-state index contributed by atoms with van der Waals surface area (Å²) in [6.45, 7) is 0. The Labute approximate surface area is 308 Å². The zero-order valence-corrected chi connectivity index (χ0v) is 28.9. The minimum absolute atomic E-state index is 0.641. The molecule has 0 spiro atoms. The first-order valence-corrected chi connectivity index (χ1v) is 18.2. The zero-order chi connectivity index (χ0) is 35.3. The third-order valence-electron chi connectivity index (χ3n) is 10.9. The van der Waals surface area contributed by atoms with Crippen LogP contribution in [0.1, 0.15) is 0 Å². The number of aromatic nitrogens is 4. The molecule has 54 heavy (non-hydrogen) atoms. The van der Waals surface area contributed by atoms with Gasteiger partial charge in [-0.1, -0.05) is 121 Å². The highest BCUT2D eigenvalue weighted by Crippen LogP contribution is 2.45. The number of nitrogens with zero attached hydrogens (tertiary/aromatic N) is 4. The van der Waals surface area contributed by atoms with E-state index < -0.39 is 0 Å². The van der Waals surface area contributed by atoms with Crippen molar-refractivity contribution in [1.82, 2.24) is 19.5 Å². The Morgan fingerprint density at radius 2 is 0.815 bits per heavy atom. The summed E-state index contributed by atoms with van der Waals surface area (Å²) in [5, 5.41) is 11.7. The van der Waals surface area contributed by atoms with E-state index in [1.54, 1.807) is 0 Å². The Morgan fingerprint density at radius 3 is 1.46 bits per heavy atom. The van der Waals surface area contributed by atoms with Crippen LogP contribution in [0.15, 0.2) is 174 Å². The van der Waals surface area contributed by atoms with Crippen molar-refractivity contribution < 1.29 is 4.42 Å². The summed E-state index contributed by atoms with van der Waals surface area (Å²) in [6.07, 6.45) is 0. The SMILES string of the molecule is c1ccc(-c2nc(-c3ccc4ccccc4c3)nc(-c3ccc4cc(-n5c6ccc7cccc8oc9cccc%10ccc5c(c%109)c6c78)ccc4c3)n2)cc1. The van der Waals surface area contributed by atoms with Gasteiger partial charge in [0, 0.05) is 43.9 Å². The van der Waals surface area contributed by atoms with Crippen molar-refractivity contribution in [3.05, 3.63) is 170 Å². The third kappa shape index (κ3) is 4.30. The zero-order valence-electron chi connectivity index (χ0n) is 28.9. The molecule has 0 N–H and O–H groups in total. The van der Waals surface area contributed by atoms with Gasteiger partial charge in [-0.05, 0) is 80.8 Å². The largest absolute Gasteiger partial charge is 0.456 e. The van der Waals surface area contributed by atoms with Crippen molar-refractivity contribution in [2.45, 2.75) is 0 Å². The summed E-state index contributed by atoms with van der Waals surface area (Å²) in [5.74, 6) is 1.94. The minimum atomic E-state index is 0.641. The van der Waals surface area contributed by atoms with Gasteiger partial charge in [-0.3, -0.25) is 0 Å². The fourth-order valence-electron chi connectivity index (χ4n) is 8.43. The quantitative estimate of drug-likeness (QED) is 0.185. The Balaban J connectivity index is 1.03. The average Bonchev–Trinajstić information content (AvgIpc) is 3.49. The Hall–Kier alpha value is -7.37. The van der Waals surface area contributed by atoms with E-state index in [0.717, 1.165) is 71.5 Å². The van der Waals surface area contributed by atoms with Crippen LogP contribution in [0.5, 0.6) is 0 Å². The van der Waals surface area contributed by atoms with Gasteiger partial charge in [0.15, 0.2) is 17.5 Å². The van der Waals surface area contributed by atoms with Crippen LogP contribution < -0.4 is 0 Å². The van der Waals surface area contributed by atoms with Crippen molar-refractivity contribution in [2.24, 2.45) is 0 Å². The Kier molecular flexibility index (Phi) is 5.99. The van der Waals surface area contributed by atoms with Gasteiger partial charge in [-0.15, -0.1) is 0 Å². The molecule has 250 valence electrons. The van der Waals surface area contributed by atoms with Gasteiger partial charge >= 0.3 is 0 Å². The second-order valence-corrected chi connectivity index (χ2v) is 14.0. The molecule has 3 aromatic heterocycles. The van der Waals surface area contributed by atoms with Crippen LogP contribution in [0.2, 0.25) is 0 Å². The Morgan fingerprint density at radius 1 is 0.333 bits per heavy atom. The summed E-state index contributed by atoms with van der Waals surface area (Å²) < 4.78 is 9.03. The van der Waals surface area contributed by atoms with Crippen LogP contribution >= 0.6 is 0 Å². The lowest BCUT2D eigenvalue weighted by Crippen LogP contribution is -2.00. The van der Waals surface area contributed by atoms with Gasteiger partial charge in [0.2, 0.25) is 0 Å². The molecule has 0 saturated carbocycles. The van der Waals surface area contributed by atoms with Crippen LogP contribution in [0.25, 0.3) is 116 Å². The van der Waals surface area contributed by atoms with Gasteiger partial charge in [-0.25, -0.2) is 15.0 Å². The molecule has 12 aromatic rings. The van der Waals surface area contributed by atoms with E-state index >= 15 is 0 Å². The van der Waals surface area contributed by atoms with Crippen LogP contribution in [-0.4, -0.2) is 19.5 Å². The van der Waals surface area contributed by atoms with Gasteiger partial charge in [0.1, 0.15) is 11.2 Å². The molecule has 0 saturated heterocycles. The molecule has 9 aromatic carbocycles. The number of hydrogen-bond acceptors (Lipinski definition) is 4. The normalized spacial score (nSPS) is 12.1. The van der Waals surface area contributed by atoms with Gasteiger partial charge in [0.05, 0.1) is 11.0 Å². The predicted molar refractivity (Wildman–Crippen MR) is 221 cm³/mol. The summed E-state index contributed by atoms with van der Waals surface area (Å²) in [4.78, 5) is 15.1. The molecular weight excluding hydrogens is 661 g/mol. The molecule has 0 aliphatic heterocycles. The molecule has 0 amide bonds. The number of hydrogen-bond donors (Lipinski definition) is 0.